The summed E-state index contributed by atoms with van der Waals surface area (Å²) in [5.41, 5.74) is 1.87. The number of aliphatic hydroxyl groups is 1. The Kier molecular flexibility index (Phi) is 4.85. The number of aromatic nitrogens is 2. The smallest absolute Gasteiger partial charge is 0.387 e. The summed E-state index contributed by atoms with van der Waals surface area (Å²) >= 11 is 0. The molecule has 25 heavy (non-hydrogen) atoms. The maximum Gasteiger partial charge on any atom is 0.387 e. The molecule has 0 saturated carbocycles. The van der Waals surface area contributed by atoms with Crippen molar-refractivity contribution in [2.45, 2.75) is 32.7 Å². The van der Waals surface area contributed by atoms with E-state index in [1.807, 2.05) is 31.2 Å². The number of hydrogen-bond acceptors (Lipinski definition) is 3. The van der Waals surface area contributed by atoms with Gasteiger partial charge in [-0.15, -0.1) is 0 Å². The van der Waals surface area contributed by atoms with E-state index in [1.54, 1.807) is 4.57 Å². The maximum absolute atomic E-state index is 12.6. The number of hydrogen-bond donors (Lipinski definition) is 1. The average Bonchev–Trinajstić information content (AvgIpc) is 2.86. The Labute approximate surface area is 142 Å². The summed E-state index contributed by atoms with van der Waals surface area (Å²) in [6.45, 7) is -0.408. The number of imidazole rings is 1. The largest absolute Gasteiger partial charge is 0.435 e. The first-order valence-electron chi connectivity index (χ1n) is 7.92. The van der Waals surface area contributed by atoms with Crippen LogP contribution in [0.1, 0.15) is 18.6 Å². The molecule has 1 aromatic heterocycles. The minimum atomic E-state index is -2.89. The van der Waals surface area contributed by atoms with E-state index in [0.29, 0.717) is 12.1 Å². The summed E-state index contributed by atoms with van der Waals surface area (Å²) in [4.78, 5) is 12.6. The second-order valence-electron chi connectivity index (χ2n) is 5.59. The molecule has 0 saturated heterocycles. The normalized spacial score (nSPS) is 12.7. The number of aliphatic hydroxyl groups excluding tert-OH is 1. The van der Waals surface area contributed by atoms with Crippen LogP contribution in [0, 0.1) is 0 Å². The Hall–Kier alpha value is -2.67. The van der Waals surface area contributed by atoms with E-state index in [2.05, 4.69) is 4.74 Å². The predicted octanol–water partition coefficient (Wildman–Crippen LogP) is 3.16. The zero-order valence-electron chi connectivity index (χ0n) is 13.6. The minimum absolute atomic E-state index is 0.0192. The molecule has 3 aromatic rings. The SMILES string of the molecule is CCn1c(=O)n(C[C@@H](O)c2ccc(OC(F)F)cc2)c2ccccc21. The van der Waals surface area contributed by atoms with Crippen LogP contribution in [0.2, 0.25) is 0 Å². The third kappa shape index (κ3) is 3.41. The first-order valence-corrected chi connectivity index (χ1v) is 7.92. The van der Waals surface area contributed by atoms with Crippen molar-refractivity contribution < 1.29 is 18.6 Å². The van der Waals surface area contributed by atoms with Crippen LogP contribution < -0.4 is 10.4 Å². The summed E-state index contributed by atoms with van der Waals surface area (Å²) in [7, 11) is 0. The molecule has 0 aliphatic rings. The van der Waals surface area contributed by atoms with Crippen LogP contribution in [-0.2, 0) is 13.1 Å². The first-order chi connectivity index (χ1) is 12.0. The van der Waals surface area contributed by atoms with Crippen LogP contribution >= 0.6 is 0 Å². The summed E-state index contributed by atoms with van der Waals surface area (Å²) < 4.78 is 31.8. The fraction of sp³-hybridized carbons (Fsp3) is 0.278. The Morgan fingerprint density at radius 3 is 2.20 bits per heavy atom. The molecule has 7 heteroatoms. The number of ether oxygens (including phenoxy) is 1. The van der Waals surface area contributed by atoms with Gasteiger partial charge in [0.15, 0.2) is 0 Å². The van der Waals surface area contributed by atoms with Crippen LogP contribution in [0.3, 0.4) is 0 Å². The van der Waals surface area contributed by atoms with E-state index < -0.39 is 12.7 Å². The summed E-state index contributed by atoms with van der Waals surface area (Å²) in [5, 5.41) is 10.5. The molecule has 1 heterocycles. The topological polar surface area (TPSA) is 56.4 Å². The third-order valence-corrected chi connectivity index (χ3v) is 4.09. The number of rotatable bonds is 6. The number of para-hydroxylation sites is 2. The molecule has 5 nitrogen and oxygen atoms in total. The Morgan fingerprint density at radius 1 is 1.04 bits per heavy atom. The standard InChI is InChI=1S/C18H18F2N2O3/c1-2-21-14-5-3-4-6-15(14)22(18(21)24)11-16(23)12-7-9-13(10-8-12)25-17(19)20/h3-10,16-17,23H,2,11H2,1H3/t16-/m1/s1. The Bertz CT molecular complexity index is 916. The van der Waals surface area contributed by atoms with E-state index in [4.69, 9.17) is 0 Å². The van der Waals surface area contributed by atoms with Crippen molar-refractivity contribution in [1.82, 2.24) is 9.13 Å². The number of alkyl halides is 2. The number of aryl methyl sites for hydroxylation is 1. The van der Waals surface area contributed by atoms with E-state index in [9.17, 15) is 18.7 Å². The third-order valence-electron chi connectivity index (χ3n) is 4.09. The predicted molar refractivity (Wildman–Crippen MR) is 89.9 cm³/mol. The number of halogens is 2. The van der Waals surface area contributed by atoms with E-state index in [0.717, 1.165) is 11.0 Å². The van der Waals surface area contributed by atoms with Gasteiger partial charge in [-0.05, 0) is 36.8 Å². The highest BCUT2D eigenvalue weighted by atomic mass is 19.3. The monoisotopic (exact) mass is 348 g/mol. The molecule has 0 aliphatic carbocycles. The minimum Gasteiger partial charge on any atom is -0.435 e. The van der Waals surface area contributed by atoms with Crippen molar-refractivity contribution in [3.8, 4) is 5.75 Å². The van der Waals surface area contributed by atoms with Gasteiger partial charge in [-0.1, -0.05) is 24.3 Å². The lowest BCUT2D eigenvalue weighted by Gasteiger charge is -2.13. The summed E-state index contributed by atoms with van der Waals surface area (Å²) in [6, 6.07) is 13.1. The van der Waals surface area contributed by atoms with Gasteiger partial charge in [0, 0.05) is 6.54 Å². The fourth-order valence-corrected chi connectivity index (χ4v) is 2.90. The molecule has 0 aliphatic heterocycles. The molecule has 0 radical (unpaired) electrons. The molecule has 3 rings (SSSR count). The van der Waals surface area contributed by atoms with Crippen LogP contribution in [0.15, 0.2) is 53.3 Å². The Balaban J connectivity index is 1.88. The van der Waals surface area contributed by atoms with Crippen LogP contribution in [0.25, 0.3) is 11.0 Å². The van der Waals surface area contributed by atoms with Gasteiger partial charge in [-0.2, -0.15) is 8.78 Å². The van der Waals surface area contributed by atoms with Gasteiger partial charge in [-0.25, -0.2) is 4.79 Å². The zero-order valence-corrected chi connectivity index (χ0v) is 13.6. The van der Waals surface area contributed by atoms with Crippen molar-refractivity contribution in [1.29, 1.82) is 0 Å². The number of benzene rings is 2. The maximum atomic E-state index is 12.6. The van der Waals surface area contributed by atoms with Gasteiger partial charge in [0.2, 0.25) is 0 Å². The lowest BCUT2D eigenvalue weighted by Crippen LogP contribution is -2.26. The molecular formula is C18H18F2N2O3. The lowest BCUT2D eigenvalue weighted by molar-refractivity contribution is -0.0498. The Morgan fingerprint density at radius 2 is 1.64 bits per heavy atom. The number of fused-ring (bicyclic) bond motifs is 1. The molecular weight excluding hydrogens is 330 g/mol. The van der Waals surface area contributed by atoms with Crippen molar-refractivity contribution in [3.05, 3.63) is 64.6 Å². The average molecular weight is 348 g/mol. The quantitative estimate of drug-likeness (QED) is 0.744. The van der Waals surface area contributed by atoms with Gasteiger partial charge in [-0.3, -0.25) is 9.13 Å². The van der Waals surface area contributed by atoms with Crippen LogP contribution in [0.5, 0.6) is 5.75 Å². The van der Waals surface area contributed by atoms with Gasteiger partial charge >= 0.3 is 12.3 Å². The molecule has 0 fully saturated rings. The van der Waals surface area contributed by atoms with Gasteiger partial charge < -0.3 is 9.84 Å². The van der Waals surface area contributed by atoms with Crippen molar-refractivity contribution in [3.63, 3.8) is 0 Å². The number of nitrogens with zero attached hydrogens (tertiary/aromatic N) is 2. The van der Waals surface area contributed by atoms with Crippen molar-refractivity contribution >= 4 is 11.0 Å². The van der Waals surface area contributed by atoms with Crippen LogP contribution in [-0.4, -0.2) is 20.9 Å². The molecule has 0 unspecified atom stereocenters. The van der Waals surface area contributed by atoms with Crippen molar-refractivity contribution in [2.24, 2.45) is 0 Å². The molecule has 1 atom stereocenters. The van der Waals surface area contributed by atoms with Crippen molar-refractivity contribution in [2.75, 3.05) is 0 Å². The second kappa shape index (κ2) is 7.06. The van der Waals surface area contributed by atoms with E-state index in [-0.39, 0.29) is 18.0 Å². The zero-order chi connectivity index (χ0) is 18.0. The van der Waals surface area contributed by atoms with Gasteiger partial charge in [0.05, 0.1) is 23.7 Å². The molecule has 2 aromatic carbocycles. The molecule has 1 N–H and O–H groups in total. The molecule has 0 bridgehead atoms. The second-order valence-corrected chi connectivity index (χ2v) is 5.59. The van der Waals surface area contributed by atoms with Crippen LogP contribution in [0.4, 0.5) is 8.78 Å². The lowest BCUT2D eigenvalue weighted by atomic mass is 10.1. The summed E-state index contributed by atoms with van der Waals surface area (Å²) in [6.07, 6.45) is -0.950. The summed E-state index contributed by atoms with van der Waals surface area (Å²) in [5.74, 6) is 0.0192. The van der Waals surface area contributed by atoms with E-state index >= 15 is 0 Å². The molecule has 0 amide bonds. The fourth-order valence-electron chi connectivity index (χ4n) is 2.90. The highest BCUT2D eigenvalue weighted by Gasteiger charge is 2.16. The highest BCUT2D eigenvalue weighted by molar-refractivity contribution is 5.76. The van der Waals surface area contributed by atoms with Gasteiger partial charge in [0.25, 0.3) is 0 Å². The van der Waals surface area contributed by atoms with Gasteiger partial charge in [0.1, 0.15) is 5.75 Å². The molecule has 132 valence electrons. The van der Waals surface area contributed by atoms with E-state index in [1.165, 1.54) is 28.8 Å². The highest BCUT2D eigenvalue weighted by Crippen LogP contribution is 2.22. The molecule has 0 spiro atoms. The first kappa shape index (κ1) is 17.2.